The van der Waals surface area contributed by atoms with Crippen LogP contribution in [0.25, 0.3) is 0 Å². The van der Waals surface area contributed by atoms with E-state index in [2.05, 4.69) is 25.3 Å². The lowest BCUT2D eigenvalue weighted by Crippen LogP contribution is -2.41. The number of carbonyl (C=O) groups is 1. The van der Waals surface area contributed by atoms with Gasteiger partial charge in [0.25, 0.3) is 0 Å². The number of rotatable bonds is 5. The first-order chi connectivity index (χ1) is 11.1. The van der Waals surface area contributed by atoms with Crippen LogP contribution in [0.1, 0.15) is 31.9 Å². The van der Waals surface area contributed by atoms with Crippen LogP contribution >= 0.6 is 11.3 Å². The van der Waals surface area contributed by atoms with Gasteiger partial charge in [-0.3, -0.25) is 19.3 Å². The molecule has 2 aromatic heterocycles. The molecule has 0 radical (unpaired) electrons. The molecule has 1 atom stereocenters. The van der Waals surface area contributed by atoms with E-state index >= 15 is 0 Å². The Labute approximate surface area is 140 Å². The van der Waals surface area contributed by atoms with Crippen LogP contribution in [0.5, 0.6) is 0 Å². The zero-order chi connectivity index (χ0) is 16.2. The second-order valence-electron chi connectivity index (χ2n) is 5.94. The Morgan fingerprint density at radius 1 is 1.48 bits per heavy atom. The number of nitrogens with zero attached hydrogens (tertiary/aromatic N) is 6. The summed E-state index contributed by atoms with van der Waals surface area (Å²) in [7, 11) is 1.76. The molecule has 7 nitrogen and oxygen atoms in total. The molecule has 2 aromatic rings. The molecular weight excluding hydrogens is 312 g/mol. The number of hydrogen-bond donors (Lipinski definition) is 0. The monoisotopic (exact) mass is 334 g/mol. The molecule has 0 unspecified atom stereocenters. The van der Waals surface area contributed by atoms with E-state index in [0.29, 0.717) is 6.04 Å². The van der Waals surface area contributed by atoms with Gasteiger partial charge in [0.1, 0.15) is 12.7 Å². The van der Waals surface area contributed by atoms with Crippen molar-refractivity contribution in [2.24, 2.45) is 0 Å². The Bertz CT molecular complexity index is 640. The lowest BCUT2D eigenvalue weighted by molar-refractivity contribution is -0.116. The quantitative estimate of drug-likeness (QED) is 0.834. The maximum atomic E-state index is 11.4. The van der Waals surface area contributed by atoms with Gasteiger partial charge in [0.05, 0.1) is 12.2 Å². The topological polar surface area (TPSA) is 67.2 Å². The molecule has 1 amide bonds. The molecule has 3 heterocycles. The Hall–Kier alpha value is -1.80. The van der Waals surface area contributed by atoms with Gasteiger partial charge < -0.3 is 0 Å². The van der Waals surface area contributed by atoms with Gasteiger partial charge in [0, 0.05) is 31.9 Å². The summed E-state index contributed by atoms with van der Waals surface area (Å²) in [5.41, 5.74) is 1.03. The van der Waals surface area contributed by atoms with Crippen LogP contribution in [0.3, 0.4) is 0 Å². The van der Waals surface area contributed by atoms with E-state index in [-0.39, 0.29) is 5.91 Å². The molecule has 8 heteroatoms. The molecular formula is C15H22N6OS. The molecule has 0 N–H and O–H groups in total. The zero-order valence-corrected chi connectivity index (χ0v) is 14.4. The first-order valence-electron chi connectivity index (χ1n) is 7.88. The third-order valence-corrected chi connectivity index (χ3v) is 5.24. The average molecular weight is 334 g/mol. The molecule has 3 rings (SSSR count). The van der Waals surface area contributed by atoms with E-state index in [1.165, 1.54) is 30.6 Å². The second kappa shape index (κ2) is 7.18. The highest BCUT2D eigenvalue weighted by Gasteiger charge is 2.24. The minimum atomic E-state index is 0.00734. The van der Waals surface area contributed by atoms with Crippen LogP contribution in [0.15, 0.2) is 18.0 Å². The fourth-order valence-electron chi connectivity index (χ4n) is 2.88. The minimum Gasteiger partial charge on any atom is -0.293 e. The summed E-state index contributed by atoms with van der Waals surface area (Å²) in [5.74, 6) is 0.00734. The molecule has 124 valence electrons. The summed E-state index contributed by atoms with van der Waals surface area (Å²) < 4.78 is 1.90. The minimum absolute atomic E-state index is 0.00734. The van der Waals surface area contributed by atoms with E-state index < -0.39 is 0 Å². The molecule has 1 fully saturated rings. The lowest BCUT2D eigenvalue weighted by Gasteiger charge is -2.35. The molecule has 23 heavy (non-hydrogen) atoms. The highest BCUT2D eigenvalue weighted by Crippen LogP contribution is 2.24. The predicted molar refractivity (Wildman–Crippen MR) is 89.3 cm³/mol. The van der Waals surface area contributed by atoms with Gasteiger partial charge >= 0.3 is 0 Å². The number of carbonyl (C=O) groups excluding carboxylic acids is 1. The van der Waals surface area contributed by atoms with Crippen LogP contribution in [-0.4, -0.2) is 50.2 Å². The summed E-state index contributed by atoms with van der Waals surface area (Å²) >= 11 is 1.52. The number of piperidine rings is 1. The van der Waals surface area contributed by atoms with Crippen molar-refractivity contribution in [3.05, 3.63) is 23.7 Å². The fraction of sp³-hybridized carbons (Fsp3) is 0.600. The Kier molecular flexibility index (Phi) is 5.02. The fourth-order valence-corrected chi connectivity index (χ4v) is 3.71. The van der Waals surface area contributed by atoms with Crippen molar-refractivity contribution in [3.63, 3.8) is 0 Å². The van der Waals surface area contributed by atoms with Crippen LogP contribution in [0.4, 0.5) is 5.13 Å². The largest absolute Gasteiger partial charge is 0.293 e. The Balaban J connectivity index is 1.66. The number of thiazole rings is 1. The summed E-state index contributed by atoms with van der Waals surface area (Å²) in [6.45, 7) is 4.32. The molecule has 0 aliphatic carbocycles. The van der Waals surface area contributed by atoms with Gasteiger partial charge in [-0.05, 0) is 19.4 Å². The van der Waals surface area contributed by atoms with Crippen molar-refractivity contribution < 1.29 is 4.79 Å². The normalized spacial score (nSPS) is 19.0. The van der Waals surface area contributed by atoms with E-state index in [9.17, 15) is 4.79 Å². The smallest absolute Gasteiger partial charge is 0.225 e. The van der Waals surface area contributed by atoms with Gasteiger partial charge in [-0.1, -0.05) is 6.42 Å². The molecule has 0 spiro atoms. The van der Waals surface area contributed by atoms with Crippen molar-refractivity contribution in [1.82, 2.24) is 24.6 Å². The van der Waals surface area contributed by atoms with Crippen molar-refractivity contribution in [2.45, 2.75) is 45.3 Å². The molecule has 1 aliphatic rings. The molecule has 0 bridgehead atoms. The van der Waals surface area contributed by atoms with Crippen molar-refractivity contribution >= 4 is 22.4 Å². The first-order valence-corrected chi connectivity index (χ1v) is 8.76. The Morgan fingerprint density at radius 2 is 2.35 bits per heavy atom. The van der Waals surface area contributed by atoms with Crippen LogP contribution in [0.2, 0.25) is 0 Å². The van der Waals surface area contributed by atoms with E-state index in [0.717, 1.165) is 30.5 Å². The number of amides is 1. The molecule has 0 saturated carbocycles. The number of hydrogen-bond acceptors (Lipinski definition) is 6. The SMILES string of the molecule is CC(=O)N(C)c1nc(CN2CCCC[C@H]2Cn2cncn2)cs1. The van der Waals surface area contributed by atoms with Crippen LogP contribution in [0, 0.1) is 0 Å². The molecule has 1 aliphatic heterocycles. The van der Waals surface area contributed by atoms with Gasteiger partial charge in [-0.15, -0.1) is 11.3 Å². The third-order valence-electron chi connectivity index (χ3n) is 4.28. The summed E-state index contributed by atoms with van der Waals surface area (Å²) in [6, 6.07) is 0.459. The predicted octanol–water partition coefficient (Wildman–Crippen LogP) is 1.77. The third kappa shape index (κ3) is 3.94. The maximum Gasteiger partial charge on any atom is 0.225 e. The summed E-state index contributed by atoms with van der Waals surface area (Å²) in [5, 5.41) is 7.03. The van der Waals surface area contributed by atoms with Crippen molar-refractivity contribution in [3.8, 4) is 0 Å². The van der Waals surface area contributed by atoms with Gasteiger partial charge in [0.2, 0.25) is 5.91 Å². The first kappa shape index (κ1) is 16.1. The molecule has 0 aromatic carbocycles. The van der Waals surface area contributed by atoms with Gasteiger partial charge in [-0.2, -0.15) is 5.10 Å². The van der Waals surface area contributed by atoms with Crippen molar-refractivity contribution in [1.29, 1.82) is 0 Å². The number of anilines is 1. The highest BCUT2D eigenvalue weighted by molar-refractivity contribution is 7.14. The van der Waals surface area contributed by atoms with Gasteiger partial charge in [-0.25, -0.2) is 9.97 Å². The maximum absolute atomic E-state index is 11.4. The standard InChI is InChI=1S/C15H22N6OS/c1-12(22)19(2)15-18-13(9-23-15)7-20-6-4-3-5-14(20)8-21-11-16-10-17-21/h9-11,14H,3-8H2,1-2H3/t14-/m0/s1. The molecule has 1 saturated heterocycles. The lowest BCUT2D eigenvalue weighted by atomic mass is 10.0. The van der Waals surface area contributed by atoms with E-state index in [1.54, 1.807) is 31.5 Å². The highest BCUT2D eigenvalue weighted by atomic mass is 32.1. The van der Waals surface area contributed by atoms with Crippen LogP contribution < -0.4 is 4.90 Å². The van der Waals surface area contributed by atoms with Crippen molar-refractivity contribution in [2.75, 3.05) is 18.5 Å². The summed E-state index contributed by atoms with van der Waals surface area (Å²) in [4.78, 5) is 24.1. The Morgan fingerprint density at radius 3 is 3.09 bits per heavy atom. The van der Waals surface area contributed by atoms with E-state index in [4.69, 9.17) is 0 Å². The van der Waals surface area contributed by atoms with Gasteiger partial charge in [0.15, 0.2) is 5.13 Å². The summed E-state index contributed by atoms with van der Waals surface area (Å²) in [6.07, 6.45) is 7.00. The average Bonchev–Trinajstić information content (AvgIpc) is 3.20. The number of likely N-dealkylation sites (tertiary alicyclic amines) is 1. The zero-order valence-electron chi connectivity index (χ0n) is 13.6. The number of aromatic nitrogens is 4. The van der Waals surface area contributed by atoms with Crippen LogP contribution in [-0.2, 0) is 17.9 Å². The second-order valence-corrected chi connectivity index (χ2v) is 6.77. The van der Waals surface area contributed by atoms with E-state index in [1.807, 2.05) is 4.68 Å².